The summed E-state index contributed by atoms with van der Waals surface area (Å²) in [7, 11) is 1.46. The Kier molecular flexibility index (Phi) is 2.44. The predicted molar refractivity (Wildman–Crippen MR) is 68.5 cm³/mol. The second kappa shape index (κ2) is 3.87. The predicted octanol–water partition coefficient (Wildman–Crippen LogP) is 3.34. The van der Waals surface area contributed by atoms with Gasteiger partial charge in [-0.3, -0.25) is 4.79 Å². The van der Waals surface area contributed by atoms with Crippen molar-refractivity contribution in [3.63, 3.8) is 0 Å². The number of para-hydroxylation sites is 1. The van der Waals surface area contributed by atoms with E-state index in [-0.39, 0.29) is 5.97 Å². The molecule has 1 aliphatic rings. The molecule has 94 valence electrons. The van der Waals surface area contributed by atoms with E-state index in [1.807, 2.05) is 31.2 Å². The van der Waals surface area contributed by atoms with Crippen LogP contribution in [-0.2, 0) is 14.9 Å². The summed E-state index contributed by atoms with van der Waals surface area (Å²) in [6.45, 7) is 1.93. The van der Waals surface area contributed by atoms with Crippen molar-refractivity contribution in [3.8, 4) is 0 Å². The molecule has 3 heteroatoms. The number of benzene rings is 1. The molecule has 0 saturated heterocycles. The molecule has 1 aromatic carbocycles. The van der Waals surface area contributed by atoms with Crippen LogP contribution in [0.4, 0.5) is 0 Å². The Balaban J connectivity index is 2.24. The van der Waals surface area contributed by atoms with Gasteiger partial charge in [0.15, 0.2) is 0 Å². The Morgan fingerprint density at radius 3 is 2.67 bits per heavy atom. The molecule has 0 N–H and O–H groups in total. The fourth-order valence-corrected chi connectivity index (χ4v) is 3.04. The highest BCUT2D eigenvalue weighted by Crippen LogP contribution is 2.49. The summed E-state index contributed by atoms with van der Waals surface area (Å²) in [5, 5.41) is 1.04. The number of fused-ring (bicyclic) bond motifs is 1. The maximum Gasteiger partial charge on any atom is 0.316 e. The van der Waals surface area contributed by atoms with E-state index in [1.54, 1.807) is 0 Å². The standard InChI is InChI=1S/C15H16O3/c1-10-13(11-6-3-4-7-12(11)18-10)15(8-5-9-15)14(16)17-2/h3-4,6-7H,5,8-9H2,1-2H3. The Bertz CT molecular complexity index is 605. The summed E-state index contributed by atoms with van der Waals surface area (Å²) in [6, 6.07) is 7.88. The monoisotopic (exact) mass is 244 g/mol. The van der Waals surface area contributed by atoms with Crippen LogP contribution in [0.2, 0.25) is 0 Å². The van der Waals surface area contributed by atoms with E-state index in [2.05, 4.69) is 0 Å². The average molecular weight is 244 g/mol. The number of hydrogen-bond donors (Lipinski definition) is 0. The smallest absolute Gasteiger partial charge is 0.316 e. The van der Waals surface area contributed by atoms with E-state index in [9.17, 15) is 4.79 Å². The molecular weight excluding hydrogens is 228 g/mol. The van der Waals surface area contributed by atoms with Crippen molar-refractivity contribution in [2.75, 3.05) is 7.11 Å². The Hall–Kier alpha value is -1.77. The highest BCUT2D eigenvalue weighted by atomic mass is 16.5. The van der Waals surface area contributed by atoms with Crippen molar-refractivity contribution in [1.82, 2.24) is 0 Å². The Labute approximate surface area is 106 Å². The van der Waals surface area contributed by atoms with Crippen molar-refractivity contribution < 1.29 is 13.9 Å². The fourth-order valence-electron chi connectivity index (χ4n) is 3.04. The molecule has 0 radical (unpaired) electrons. The lowest BCUT2D eigenvalue weighted by atomic mass is 9.63. The molecule has 1 aliphatic carbocycles. The van der Waals surface area contributed by atoms with Crippen molar-refractivity contribution in [2.24, 2.45) is 0 Å². The highest BCUT2D eigenvalue weighted by Gasteiger charge is 2.49. The second-order valence-electron chi connectivity index (χ2n) is 4.96. The lowest BCUT2D eigenvalue weighted by molar-refractivity contribution is -0.151. The van der Waals surface area contributed by atoms with Gasteiger partial charge < -0.3 is 9.15 Å². The molecule has 1 heterocycles. The number of hydrogen-bond acceptors (Lipinski definition) is 3. The molecule has 0 atom stereocenters. The van der Waals surface area contributed by atoms with Gasteiger partial charge in [-0.25, -0.2) is 0 Å². The summed E-state index contributed by atoms with van der Waals surface area (Å²) < 4.78 is 10.8. The van der Waals surface area contributed by atoms with Crippen LogP contribution in [-0.4, -0.2) is 13.1 Å². The van der Waals surface area contributed by atoms with Crippen LogP contribution in [0.3, 0.4) is 0 Å². The molecular formula is C15H16O3. The van der Waals surface area contributed by atoms with Gasteiger partial charge in [0.1, 0.15) is 11.3 Å². The van der Waals surface area contributed by atoms with Crippen molar-refractivity contribution in [2.45, 2.75) is 31.6 Å². The molecule has 2 aromatic rings. The third kappa shape index (κ3) is 1.33. The zero-order valence-corrected chi connectivity index (χ0v) is 10.7. The molecule has 3 nitrogen and oxygen atoms in total. The van der Waals surface area contributed by atoms with Gasteiger partial charge in [0.25, 0.3) is 0 Å². The van der Waals surface area contributed by atoms with Gasteiger partial charge in [-0.1, -0.05) is 24.6 Å². The number of esters is 1. The van der Waals surface area contributed by atoms with Crippen LogP contribution in [0, 0.1) is 6.92 Å². The first-order valence-electron chi connectivity index (χ1n) is 6.26. The second-order valence-corrected chi connectivity index (χ2v) is 4.96. The van der Waals surface area contributed by atoms with Crippen LogP contribution >= 0.6 is 0 Å². The minimum absolute atomic E-state index is 0.136. The molecule has 1 saturated carbocycles. The molecule has 0 bridgehead atoms. The number of carbonyl (C=O) groups is 1. The summed E-state index contributed by atoms with van der Waals surface area (Å²) in [4.78, 5) is 12.1. The molecule has 3 rings (SSSR count). The normalized spacial score (nSPS) is 17.4. The van der Waals surface area contributed by atoms with Crippen molar-refractivity contribution in [3.05, 3.63) is 35.6 Å². The maximum absolute atomic E-state index is 12.1. The summed E-state index contributed by atoms with van der Waals surface area (Å²) in [6.07, 6.45) is 2.77. The molecule has 18 heavy (non-hydrogen) atoms. The molecule has 0 amide bonds. The molecule has 0 spiro atoms. The van der Waals surface area contributed by atoms with E-state index in [4.69, 9.17) is 9.15 Å². The minimum Gasteiger partial charge on any atom is -0.468 e. The maximum atomic E-state index is 12.1. The molecule has 0 aliphatic heterocycles. The van der Waals surface area contributed by atoms with E-state index in [0.29, 0.717) is 0 Å². The number of furan rings is 1. The van der Waals surface area contributed by atoms with Gasteiger partial charge in [-0.2, -0.15) is 0 Å². The van der Waals surface area contributed by atoms with Gasteiger partial charge in [0.05, 0.1) is 12.5 Å². The van der Waals surface area contributed by atoms with E-state index in [1.165, 1.54) is 7.11 Å². The van der Waals surface area contributed by atoms with Crippen molar-refractivity contribution >= 4 is 16.9 Å². The quantitative estimate of drug-likeness (QED) is 0.761. The zero-order valence-electron chi connectivity index (χ0n) is 10.7. The van der Waals surface area contributed by atoms with Gasteiger partial charge in [0, 0.05) is 10.9 Å². The molecule has 1 fully saturated rings. The first kappa shape index (κ1) is 11.3. The topological polar surface area (TPSA) is 39.4 Å². The third-order valence-electron chi connectivity index (χ3n) is 4.03. The minimum atomic E-state index is -0.481. The highest BCUT2D eigenvalue weighted by molar-refractivity contribution is 5.93. The summed E-state index contributed by atoms with van der Waals surface area (Å²) in [5.74, 6) is 0.699. The number of rotatable bonds is 2. The van der Waals surface area contributed by atoms with Gasteiger partial charge >= 0.3 is 5.97 Å². The number of carbonyl (C=O) groups excluding carboxylic acids is 1. The zero-order chi connectivity index (χ0) is 12.8. The van der Waals surface area contributed by atoms with Crippen LogP contribution in [0.25, 0.3) is 11.0 Å². The average Bonchev–Trinajstić information content (AvgIpc) is 2.65. The van der Waals surface area contributed by atoms with Gasteiger partial charge in [0.2, 0.25) is 0 Å². The van der Waals surface area contributed by atoms with Crippen LogP contribution in [0.15, 0.2) is 28.7 Å². The number of methoxy groups -OCH3 is 1. The SMILES string of the molecule is COC(=O)C1(c2c(C)oc3ccccc23)CCC1. The lowest BCUT2D eigenvalue weighted by Gasteiger charge is -2.39. The van der Waals surface area contributed by atoms with Gasteiger partial charge in [-0.15, -0.1) is 0 Å². The molecule has 0 unspecified atom stereocenters. The number of ether oxygens (including phenoxy) is 1. The van der Waals surface area contributed by atoms with E-state index >= 15 is 0 Å². The summed E-state index contributed by atoms with van der Waals surface area (Å²) >= 11 is 0. The van der Waals surface area contributed by atoms with E-state index in [0.717, 1.165) is 41.6 Å². The largest absolute Gasteiger partial charge is 0.468 e. The van der Waals surface area contributed by atoms with Crippen molar-refractivity contribution in [1.29, 1.82) is 0 Å². The van der Waals surface area contributed by atoms with Crippen LogP contribution in [0.5, 0.6) is 0 Å². The van der Waals surface area contributed by atoms with E-state index < -0.39 is 5.41 Å². The third-order valence-corrected chi connectivity index (χ3v) is 4.03. The first-order chi connectivity index (χ1) is 8.69. The van der Waals surface area contributed by atoms with Crippen LogP contribution in [0.1, 0.15) is 30.6 Å². The summed E-state index contributed by atoms with van der Waals surface area (Å²) in [5.41, 5.74) is 1.39. The van der Waals surface area contributed by atoms with Gasteiger partial charge in [-0.05, 0) is 25.8 Å². The lowest BCUT2D eigenvalue weighted by Crippen LogP contribution is -2.43. The van der Waals surface area contributed by atoms with Crippen LogP contribution < -0.4 is 0 Å². The first-order valence-corrected chi connectivity index (χ1v) is 6.26. The number of aryl methyl sites for hydroxylation is 1. The Morgan fingerprint density at radius 2 is 2.06 bits per heavy atom. The Morgan fingerprint density at radius 1 is 1.33 bits per heavy atom. The molecule has 1 aromatic heterocycles. The fraction of sp³-hybridized carbons (Fsp3) is 0.400.